The zero-order valence-corrected chi connectivity index (χ0v) is 36.0. The van der Waals surface area contributed by atoms with Crippen molar-refractivity contribution in [2.75, 3.05) is 0 Å². The average Bonchev–Trinajstić information content (AvgIpc) is 3.78. The van der Waals surface area contributed by atoms with Crippen LogP contribution in [0.1, 0.15) is 16.7 Å². The van der Waals surface area contributed by atoms with E-state index in [0.29, 0.717) is 18.2 Å². The minimum Gasteiger partial charge on any atom is -0.455 e. The van der Waals surface area contributed by atoms with E-state index in [0.717, 1.165) is 77.4 Å². The van der Waals surface area contributed by atoms with Crippen LogP contribution in [0.15, 0.2) is 244 Å². The van der Waals surface area contributed by atoms with Gasteiger partial charge >= 0.3 is 0 Å². The summed E-state index contributed by atoms with van der Waals surface area (Å²) in [7, 11) is 0. The highest BCUT2D eigenvalue weighted by Crippen LogP contribution is 2.46. The van der Waals surface area contributed by atoms with Gasteiger partial charge in [0.1, 0.15) is 11.2 Å². The third kappa shape index (κ3) is 6.84. The molecule has 66 heavy (non-hydrogen) atoms. The molecule has 0 bridgehead atoms. The van der Waals surface area contributed by atoms with Crippen LogP contribution in [0.2, 0.25) is 0 Å². The summed E-state index contributed by atoms with van der Waals surface area (Å²) in [6, 6.07) is 79.2. The number of amidine groups is 2. The highest BCUT2D eigenvalue weighted by Gasteiger charge is 2.22. The first-order valence-electron chi connectivity index (χ1n) is 22.3. The Balaban J connectivity index is 1.13. The van der Waals surface area contributed by atoms with Crippen LogP contribution >= 0.6 is 0 Å². The second-order valence-corrected chi connectivity index (χ2v) is 16.7. The quantitative estimate of drug-likeness (QED) is 0.0896. The fourth-order valence-corrected chi connectivity index (χ4v) is 9.73. The van der Waals surface area contributed by atoms with E-state index in [1.165, 1.54) is 37.7 Å². The summed E-state index contributed by atoms with van der Waals surface area (Å²) in [4.78, 5) is 15.2. The number of benzene rings is 11. The first-order chi connectivity index (χ1) is 32.7. The van der Waals surface area contributed by atoms with Crippen molar-refractivity contribution in [3.63, 3.8) is 0 Å². The van der Waals surface area contributed by atoms with Gasteiger partial charge in [-0.1, -0.05) is 188 Å². The van der Waals surface area contributed by atoms with E-state index in [-0.39, 0.29) is 0 Å². The average molecular weight is 844 g/mol. The molecule has 0 atom stereocenters. The minimum atomic E-state index is 0.449. The maximum absolute atomic E-state index is 7.10. The Hall–Kier alpha value is -8.73. The second-order valence-electron chi connectivity index (χ2n) is 16.7. The molecule has 0 aliphatic carbocycles. The molecular formula is C62H41N3O. The highest BCUT2D eigenvalue weighted by atomic mass is 16.3. The summed E-state index contributed by atoms with van der Waals surface area (Å²) in [5, 5.41) is 11.4. The fraction of sp³-hybridized carbons (Fsp3) is 0.0161. The van der Waals surface area contributed by atoms with Crippen LogP contribution in [0.25, 0.3) is 98.4 Å². The molecule has 1 aromatic heterocycles. The van der Waals surface area contributed by atoms with Gasteiger partial charge in [0.05, 0.1) is 6.54 Å². The van der Waals surface area contributed by atoms with E-state index in [1.54, 1.807) is 0 Å². The van der Waals surface area contributed by atoms with Crippen molar-refractivity contribution in [1.82, 2.24) is 0 Å². The molecule has 0 aliphatic heterocycles. The van der Waals surface area contributed by atoms with E-state index < -0.39 is 0 Å². The molecule has 0 N–H and O–H groups in total. The van der Waals surface area contributed by atoms with Crippen LogP contribution < -0.4 is 0 Å². The largest absolute Gasteiger partial charge is 0.455 e. The van der Waals surface area contributed by atoms with Gasteiger partial charge in [-0.3, -0.25) is 4.99 Å². The van der Waals surface area contributed by atoms with Gasteiger partial charge in [-0.05, 0) is 120 Å². The molecule has 1 heterocycles. The Kier molecular flexibility index (Phi) is 9.69. The van der Waals surface area contributed by atoms with Crippen molar-refractivity contribution in [1.29, 1.82) is 0 Å². The van der Waals surface area contributed by atoms with Crippen LogP contribution in [0.3, 0.4) is 0 Å². The predicted octanol–water partition coefficient (Wildman–Crippen LogP) is 16.3. The second kappa shape index (κ2) is 16.4. The van der Waals surface area contributed by atoms with Gasteiger partial charge < -0.3 is 4.42 Å². The molecule has 0 aliphatic rings. The highest BCUT2D eigenvalue weighted by molar-refractivity contribution is 6.25. The third-order valence-corrected chi connectivity index (χ3v) is 12.8. The van der Waals surface area contributed by atoms with E-state index in [2.05, 4.69) is 200 Å². The van der Waals surface area contributed by atoms with Crippen LogP contribution in [0.4, 0.5) is 0 Å². The normalized spacial score (nSPS) is 12.2. The van der Waals surface area contributed by atoms with Crippen LogP contribution in [-0.2, 0) is 6.54 Å². The number of hydrogen-bond donors (Lipinski definition) is 0. The van der Waals surface area contributed by atoms with E-state index in [4.69, 9.17) is 14.4 Å². The number of furan rings is 1. The van der Waals surface area contributed by atoms with Crippen LogP contribution in [0.5, 0.6) is 0 Å². The summed E-state index contributed by atoms with van der Waals surface area (Å²) in [6.45, 7) is 4.58. The van der Waals surface area contributed by atoms with Crippen LogP contribution in [0, 0.1) is 0 Å². The number of fused-ring (bicyclic) bond motifs is 9. The van der Waals surface area contributed by atoms with Gasteiger partial charge in [0.15, 0.2) is 11.7 Å². The molecule has 0 saturated heterocycles. The molecule has 0 spiro atoms. The molecule has 4 heteroatoms. The summed E-state index contributed by atoms with van der Waals surface area (Å²) in [6.07, 6.45) is 0. The maximum atomic E-state index is 7.10. The van der Waals surface area contributed by atoms with Crippen molar-refractivity contribution in [2.24, 2.45) is 15.0 Å². The van der Waals surface area contributed by atoms with Gasteiger partial charge in [-0.25, -0.2) is 9.98 Å². The topological polar surface area (TPSA) is 50.2 Å². The molecule has 0 radical (unpaired) electrons. The molecule has 310 valence electrons. The molecule has 0 saturated carbocycles. The molecular weight excluding hydrogens is 803 g/mol. The van der Waals surface area contributed by atoms with Crippen molar-refractivity contribution in [2.45, 2.75) is 6.54 Å². The van der Waals surface area contributed by atoms with Gasteiger partial charge in [0, 0.05) is 27.5 Å². The molecule has 12 aromatic rings. The molecule has 0 unspecified atom stereocenters. The lowest BCUT2D eigenvalue weighted by Gasteiger charge is -2.15. The molecule has 4 nitrogen and oxygen atoms in total. The molecule has 12 rings (SSSR count). The Morgan fingerprint density at radius 3 is 1.68 bits per heavy atom. The van der Waals surface area contributed by atoms with Gasteiger partial charge in [-0.2, -0.15) is 0 Å². The van der Waals surface area contributed by atoms with E-state index in [1.807, 2.05) is 36.4 Å². The molecule has 0 fully saturated rings. The van der Waals surface area contributed by atoms with Gasteiger partial charge in [-0.15, -0.1) is 0 Å². The number of rotatable bonds is 7. The third-order valence-electron chi connectivity index (χ3n) is 12.8. The Bertz CT molecular complexity index is 3920. The first-order valence-corrected chi connectivity index (χ1v) is 22.3. The summed E-state index contributed by atoms with van der Waals surface area (Å²) >= 11 is 0. The fourth-order valence-electron chi connectivity index (χ4n) is 9.73. The Labute approximate surface area is 382 Å². The summed E-state index contributed by atoms with van der Waals surface area (Å²) < 4.78 is 7.10. The molecule has 0 amide bonds. The maximum Gasteiger partial charge on any atom is 0.161 e. The van der Waals surface area contributed by atoms with E-state index in [9.17, 15) is 0 Å². The smallest absolute Gasteiger partial charge is 0.161 e. The Morgan fingerprint density at radius 1 is 0.409 bits per heavy atom. The minimum absolute atomic E-state index is 0.449. The van der Waals surface area contributed by atoms with Crippen molar-refractivity contribution in [3.8, 4) is 33.4 Å². The summed E-state index contributed by atoms with van der Waals surface area (Å²) in [5.74, 6) is 1.02. The number of aliphatic imine (C=N–C) groups is 3. The van der Waals surface area contributed by atoms with Crippen LogP contribution in [-0.4, -0.2) is 18.4 Å². The summed E-state index contributed by atoms with van der Waals surface area (Å²) in [5.41, 5.74) is 10.8. The Morgan fingerprint density at radius 2 is 0.985 bits per heavy atom. The first kappa shape index (κ1) is 38.9. The lowest BCUT2D eigenvalue weighted by molar-refractivity contribution is 0.670. The van der Waals surface area contributed by atoms with Crippen molar-refractivity contribution >= 4 is 83.4 Å². The standard InChI is InChI=1S/C62H41N3O/c1-63-62(65-61(64-39-40-18-4-2-5-19-40)45-25-16-24-42(34-45)41-20-6-3-7-21-41)53-32-17-33-58-59(53)57-38-46(54-35-43-22-8-10-26-47(43)49-28-12-14-30-51(49)54)37-56(60(57)66-58)55-36-44-23-9-11-27-48(44)50-29-13-15-31-52(50)55/h2-38H,1,39H2. The number of hydrogen-bond acceptors (Lipinski definition) is 2. The lowest BCUT2D eigenvalue weighted by Crippen LogP contribution is -2.06. The predicted molar refractivity (Wildman–Crippen MR) is 279 cm³/mol. The van der Waals surface area contributed by atoms with Gasteiger partial charge in [0.2, 0.25) is 0 Å². The molecule has 11 aromatic carbocycles. The van der Waals surface area contributed by atoms with Gasteiger partial charge in [0.25, 0.3) is 0 Å². The zero-order chi connectivity index (χ0) is 44.0. The lowest BCUT2D eigenvalue weighted by atomic mass is 9.88. The van der Waals surface area contributed by atoms with Crippen molar-refractivity contribution < 1.29 is 4.42 Å². The zero-order valence-electron chi connectivity index (χ0n) is 36.0. The van der Waals surface area contributed by atoms with Crippen molar-refractivity contribution in [3.05, 3.63) is 241 Å². The number of nitrogens with zero attached hydrogens (tertiary/aromatic N) is 3. The monoisotopic (exact) mass is 843 g/mol. The SMILES string of the molecule is C=NC(=NC(=NCc1ccccc1)c1cccc(-c2ccccc2)c1)c1cccc2oc3c(-c4cc5ccccc5c5ccccc45)cc(-c4cc5ccccc5c5ccccc45)cc3c12. The van der Waals surface area contributed by atoms with E-state index >= 15 is 0 Å².